The number of hydrogen-bond acceptors (Lipinski definition) is 3. The minimum absolute atomic E-state index is 0.746. The summed E-state index contributed by atoms with van der Waals surface area (Å²) in [5.41, 5.74) is 3.38. The second-order valence-corrected chi connectivity index (χ2v) is 7.42. The zero-order valence-electron chi connectivity index (χ0n) is 11.6. The van der Waals surface area contributed by atoms with E-state index in [-0.39, 0.29) is 0 Å². The van der Waals surface area contributed by atoms with E-state index in [2.05, 4.69) is 16.4 Å². The molecule has 112 valence electrons. The fourth-order valence-corrected chi connectivity index (χ4v) is 4.25. The quantitative estimate of drug-likeness (QED) is 0.508. The van der Waals surface area contributed by atoms with Crippen molar-refractivity contribution in [2.45, 2.75) is 11.5 Å². The number of hydrogen-bond donors (Lipinski definition) is 0. The van der Waals surface area contributed by atoms with Gasteiger partial charge in [0, 0.05) is 32.5 Å². The van der Waals surface area contributed by atoms with Crippen molar-refractivity contribution in [2.75, 3.05) is 0 Å². The Morgan fingerprint density at radius 3 is 2.50 bits per heavy atom. The molecule has 0 spiro atoms. The molecule has 1 aromatic heterocycles. The molecule has 0 aliphatic rings. The first kappa shape index (κ1) is 15.9. The van der Waals surface area contributed by atoms with Crippen molar-refractivity contribution < 1.29 is 0 Å². The van der Waals surface area contributed by atoms with Crippen LogP contribution >= 0.6 is 46.3 Å². The van der Waals surface area contributed by atoms with Gasteiger partial charge in [0.15, 0.2) is 0 Å². The van der Waals surface area contributed by atoms with Gasteiger partial charge in [-0.2, -0.15) is 11.8 Å². The van der Waals surface area contributed by atoms with E-state index in [0.29, 0.717) is 0 Å². The van der Waals surface area contributed by atoms with Gasteiger partial charge in [-0.15, -0.1) is 11.3 Å². The lowest BCUT2D eigenvalue weighted by Gasteiger charge is -2.02. The molecular weight excluding hydrogens is 353 g/mol. The summed E-state index contributed by atoms with van der Waals surface area (Å²) in [5, 5.41) is 4.72. The molecule has 0 aliphatic heterocycles. The molecule has 0 N–H and O–H groups in total. The monoisotopic (exact) mass is 365 g/mol. The Morgan fingerprint density at radius 1 is 0.955 bits per heavy atom. The molecule has 0 amide bonds. The zero-order chi connectivity index (χ0) is 15.4. The zero-order valence-corrected chi connectivity index (χ0v) is 14.8. The van der Waals surface area contributed by atoms with Crippen LogP contribution in [0.3, 0.4) is 0 Å². The summed E-state index contributed by atoms with van der Waals surface area (Å²) in [5.74, 6) is 1.78. The number of aromatic nitrogens is 1. The maximum atomic E-state index is 6.17. The van der Waals surface area contributed by atoms with Crippen molar-refractivity contribution >= 4 is 46.3 Å². The molecule has 0 aliphatic carbocycles. The lowest BCUT2D eigenvalue weighted by molar-refractivity contribution is 1.23. The van der Waals surface area contributed by atoms with Gasteiger partial charge in [0.2, 0.25) is 0 Å². The predicted molar refractivity (Wildman–Crippen MR) is 99.0 cm³/mol. The number of halogens is 2. The first-order valence-corrected chi connectivity index (χ1v) is 9.53. The summed E-state index contributed by atoms with van der Waals surface area (Å²) in [6, 6.07) is 15.8. The third kappa shape index (κ3) is 4.05. The van der Waals surface area contributed by atoms with E-state index in [4.69, 9.17) is 23.2 Å². The molecule has 1 nitrogen and oxygen atoms in total. The molecule has 0 radical (unpaired) electrons. The molecule has 0 bridgehead atoms. The maximum Gasteiger partial charge on any atom is 0.123 e. The van der Waals surface area contributed by atoms with E-state index < -0.39 is 0 Å². The van der Waals surface area contributed by atoms with Crippen LogP contribution in [-0.2, 0) is 11.5 Å². The van der Waals surface area contributed by atoms with E-state index in [1.807, 2.05) is 54.2 Å². The van der Waals surface area contributed by atoms with Crippen LogP contribution in [0.1, 0.15) is 11.3 Å². The highest BCUT2D eigenvalue weighted by Gasteiger charge is 2.06. The molecule has 3 aromatic rings. The van der Waals surface area contributed by atoms with Crippen molar-refractivity contribution in [3.8, 4) is 10.6 Å². The van der Waals surface area contributed by atoms with Gasteiger partial charge in [-0.3, -0.25) is 0 Å². The Kier molecular flexibility index (Phi) is 5.42. The summed E-state index contributed by atoms with van der Waals surface area (Å²) < 4.78 is 0. The number of thioether (sulfide) groups is 1. The number of thiazole rings is 1. The predicted octanol–water partition coefficient (Wildman–Crippen LogP) is 6.55. The highest BCUT2D eigenvalue weighted by molar-refractivity contribution is 7.97. The average molecular weight is 366 g/mol. The SMILES string of the molecule is Clc1ccc(-c2nc(CSCc3ccccc3Cl)cs2)cc1. The molecule has 0 saturated carbocycles. The van der Waals surface area contributed by atoms with Gasteiger partial charge in [0.1, 0.15) is 5.01 Å². The Labute approximate surface area is 148 Å². The van der Waals surface area contributed by atoms with Crippen LogP contribution in [0.25, 0.3) is 10.6 Å². The summed E-state index contributed by atoms with van der Waals surface area (Å²) in [4.78, 5) is 4.69. The van der Waals surface area contributed by atoms with Gasteiger partial charge in [-0.1, -0.05) is 53.5 Å². The van der Waals surface area contributed by atoms with Gasteiger partial charge in [0.25, 0.3) is 0 Å². The number of benzene rings is 2. The Morgan fingerprint density at radius 2 is 1.73 bits per heavy atom. The Bertz CT molecular complexity index is 753. The van der Waals surface area contributed by atoms with E-state index >= 15 is 0 Å². The van der Waals surface area contributed by atoms with E-state index in [1.54, 1.807) is 11.3 Å². The first-order valence-electron chi connectivity index (χ1n) is 6.74. The van der Waals surface area contributed by atoms with E-state index in [0.717, 1.165) is 37.8 Å². The van der Waals surface area contributed by atoms with Gasteiger partial charge >= 0.3 is 0 Å². The van der Waals surface area contributed by atoms with Crippen LogP contribution in [0.15, 0.2) is 53.9 Å². The fraction of sp³-hybridized carbons (Fsp3) is 0.118. The molecule has 1 heterocycles. The van der Waals surface area contributed by atoms with Crippen molar-refractivity contribution in [1.82, 2.24) is 4.98 Å². The largest absolute Gasteiger partial charge is 0.240 e. The van der Waals surface area contributed by atoms with Crippen LogP contribution in [0, 0.1) is 0 Å². The lowest BCUT2D eigenvalue weighted by atomic mass is 10.2. The van der Waals surface area contributed by atoms with Gasteiger partial charge in [0.05, 0.1) is 5.69 Å². The molecule has 2 aromatic carbocycles. The number of rotatable bonds is 5. The van der Waals surface area contributed by atoms with Crippen molar-refractivity contribution in [3.63, 3.8) is 0 Å². The fourth-order valence-electron chi connectivity index (χ4n) is 1.98. The average Bonchev–Trinajstić information content (AvgIpc) is 2.99. The minimum Gasteiger partial charge on any atom is -0.240 e. The summed E-state index contributed by atoms with van der Waals surface area (Å²) in [6.07, 6.45) is 0. The second-order valence-electron chi connectivity index (χ2n) is 4.74. The Hall–Kier alpha value is -1.00. The molecule has 0 fully saturated rings. The van der Waals surface area contributed by atoms with Gasteiger partial charge in [-0.05, 0) is 23.8 Å². The highest BCUT2D eigenvalue weighted by Crippen LogP contribution is 2.28. The standard InChI is InChI=1S/C17H13Cl2NS2/c18-14-7-5-12(6-8-14)17-20-15(11-22-17)10-21-9-13-3-1-2-4-16(13)19/h1-8,11H,9-10H2. The first-order chi connectivity index (χ1) is 10.7. The van der Waals surface area contributed by atoms with Crippen LogP contribution in [0.2, 0.25) is 10.0 Å². The smallest absolute Gasteiger partial charge is 0.123 e. The normalized spacial score (nSPS) is 10.8. The van der Waals surface area contributed by atoms with Gasteiger partial charge in [-0.25, -0.2) is 4.98 Å². The van der Waals surface area contributed by atoms with Crippen LogP contribution < -0.4 is 0 Å². The third-order valence-electron chi connectivity index (χ3n) is 3.11. The molecule has 0 atom stereocenters. The molecule has 5 heteroatoms. The van der Waals surface area contributed by atoms with Crippen LogP contribution in [0.5, 0.6) is 0 Å². The summed E-state index contributed by atoms with van der Waals surface area (Å²) >= 11 is 15.6. The second kappa shape index (κ2) is 7.51. The summed E-state index contributed by atoms with van der Waals surface area (Å²) in [7, 11) is 0. The molecular formula is C17H13Cl2NS2. The van der Waals surface area contributed by atoms with Crippen molar-refractivity contribution in [3.05, 3.63) is 75.2 Å². The molecule has 22 heavy (non-hydrogen) atoms. The number of nitrogens with zero attached hydrogens (tertiary/aromatic N) is 1. The lowest BCUT2D eigenvalue weighted by Crippen LogP contribution is -1.85. The van der Waals surface area contributed by atoms with Crippen molar-refractivity contribution in [1.29, 1.82) is 0 Å². The topological polar surface area (TPSA) is 12.9 Å². The summed E-state index contributed by atoms with van der Waals surface area (Å²) in [6.45, 7) is 0. The maximum absolute atomic E-state index is 6.17. The Balaban J connectivity index is 1.60. The highest BCUT2D eigenvalue weighted by atomic mass is 35.5. The van der Waals surface area contributed by atoms with Crippen LogP contribution in [-0.4, -0.2) is 4.98 Å². The molecule has 3 rings (SSSR count). The van der Waals surface area contributed by atoms with E-state index in [9.17, 15) is 0 Å². The van der Waals surface area contributed by atoms with E-state index in [1.165, 1.54) is 5.56 Å². The third-order valence-corrected chi connectivity index (χ3v) is 5.68. The van der Waals surface area contributed by atoms with Crippen molar-refractivity contribution in [2.24, 2.45) is 0 Å². The minimum atomic E-state index is 0.746. The van der Waals surface area contributed by atoms with Crippen LogP contribution in [0.4, 0.5) is 0 Å². The van der Waals surface area contributed by atoms with Gasteiger partial charge < -0.3 is 0 Å². The molecule has 0 unspecified atom stereocenters. The molecule has 0 saturated heterocycles.